The predicted octanol–water partition coefficient (Wildman–Crippen LogP) is 3.11. The van der Waals surface area contributed by atoms with Crippen LogP contribution in [0.5, 0.6) is 5.75 Å². The summed E-state index contributed by atoms with van der Waals surface area (Å²) in [6.07, 6.45) is 1.66. The third kappa shape index (κ3) is 2.29. The molecule has 1 atom stereocenters. The fourth-order valence-electron chi connectivity index (χ4n) is 2.46. The number of aromatic hydroxyl groups is 1. The van der Waals surface area contributed by atoms with Crippen LogP contribution < -0.4 is 0 Å². The second kappa shape index (κ2) is 5.25. The second-order valence-electron chi connectivity index (χ2n) is 4.72. The quantitative estimate of drug-likeness (QED) is 0.882. The topological polar surface area (TPSA) is 59.4 Å². The van der Waals surface area contributed by atoms with Crippen LogP contribution in [-0.2, 0) is 16.0 Å². The van der Waals surface area contributed by atoms with Gasteiger partial charge in [0.1, 0.15) is 16.7 Å². The first kappa shape index (κ1) is 13.1. The predicted molar refractivity (Wildman–Crippen MR) is 76.9 cm³/mol. The van der Waals surface area contributed by atoms with E-state index in [0.29, 0.717) is 6.61 Å². The lowest BCUT2D eigenvalue weighted by Gasteiger charge is -2.07. The molecule has 1 aliphatic carbocycles. The molecule has 0 saturated carbocycles. The number of phenolic OH excluding ortho intramolecular Hbond substituents is 1. The number of phenols is 1. The van der Waals surface area contributed by atoms with Gasteiger partial charge in [0.25, 0.3) is 0 Å². The number of nitrogens with zero attached hydrogens (tertiary/aromatic N) is 1. The molecular formula is C15H15NO3S. The Kier molecular flexibility index (Phi) is 3.44. The molecule has 2 aromatic rings. The normalized spacial score (nSPS) is 16.9. The molecule has 0 spiro atoms. The number of ether oxygens (including phenoxy) is 1. The van der Waals surface area contributed by atoms with E-state index in [-0.39, 0.29) is 17.6 Å². The molecule has 4 nitrogen and oxygen atoms in total. The zero-order valence-corrected chi connectivity index (χ0v) is 11.9. The molecule has 0 amide bonds. The van der Waals surface area contributed by atoms with Crippen LogP contribution in [0.3, 0.4) is 0 Å². The van der Waals surface area contributed by atoms with Crippen molar-refractivity contribution in [1.29, 1.82) is 0 Å². The smallest absolute Gasteiger partial charge is 0.315 e. The molecule has 1 heterocycles. The lowest BCUT2D eigenvalue weighted by molar-refractivity contribution is -0.145. The van der Waals surface area contributed by atoms with Crippen LogP contribution in [0.15, 0.2) is 24.3 Å². The number of hydrogen-bond donors (Lipinski definition) is 1. The molecule has 1 aromatic carbocycles. The molecule has 20 heavy (non-hydrogen) atoms. The molecule has 0 aliphatic heterocycles. The Morgan fingerprint density at radius 2 is 2.40 bits per heavy atom. The number of hydrogen-bond acceptors (Lipinski definition) is 5. The van der Waals surface area contributed by atoms with E-state index in [2.05, 4.69) is 4.98 Å². The van der Waals surface area contributed by atoms with Gasteiger partial charge in [-0.1, -0.05) is 12.1 Å². The van der Waals surface area contributed by atoms with Crippen LogP contribution in [0.25, 0.3) is 10.6 Å². The molecule has 0 fully saturated rings. The molecule has 1 unspecified atom stereocenters. The summed E-state index contributed by atoms with van der Waals surface area (Å²) in [4.78, 5) is 17.7. The Bertz CT molecular complexity index is 650. The van der Waals surface area contributed by atoms with Crippen molar-refractivity contribution in [3.63, 3.8) is 0 Å². The van der Waals surface area contributed by atoms with E-state index in [1.54, 1.807) is 29.5 Å². The lowest BCUT2D eigenvalue weighted by Crippen LogP contribution is -2.14. The van der Waals surface area contributed by atoms with Crippen LogP contribution in [0.4, 0.5) is 0 Å². The third-order valence-corrected chi connectivity index (χ3v) is 4.56. The summed E-state index contributed by atoms with van der Waals surface area (Å²) in [5.41, 5.74) is 1.74. The van der Waals surface area contributed by atoms with Gasteiger partial charge in [-0.2, -0.15) is 0 Å². The van der Waals surface area contributed by atoms with Gasteiger partial charge in [0, 0.05) is 10.4 Å². The van der Waals surface area contributed by atoms with Gasteiger partial charge in [-0.15, -0.1) is 11.3 Å². The maximum Gasteiger partial charge on any atom is 0.315 e. The van der Waals surface area contributed by atoms with E-state index in [4.69, 9.17) is 4.74 Å². The van der Waals surface area contributed by atoms with E-state index < -0.39 is 0 Å². The van der Waals surface area contributed by atoms with Gasteiger partial charge < -0.3 is 9.84 Å². The Morgan fingerprint density at radius 1 is 1.55 bits per heavy atom. The van der Waals surface area contributed by atoms with Crippen molar-refractivity contribution >= 4 is 17.3 Å². The largest absolute Gasteiger partial charge is 0.508 e. The summed E-state index contributed by atoms with van der Waals surface area (Å²) >= 11 is 1.59. The van der Waals surface area contributed by atoms with Crippen molar-refractivity contribution in [2.45, 2.75) is 25.7 Å². The maximum absolute atomic E-state index is 11.9. The first-order valence-corrected chi connectivity index (χ1v) is 7.46. The van der Waals surface area contributed by atoms with Crippen LogP contribution >= 0.6 is 11.3 Å². The van der Waals surface area contributed by atoms with Crippen LogP contribution in [0.2, 0.25) is 0 Å². The van der Waals surface area contributed by atoms with Crippen molar-refractivity contribution in [2.75, 3.05) is 6.61 Å². The lowest BCUT2D eigenvalue weighted by atomic mass is 10.1. The van der Waals surface area contributed by atoms with Gasteiger partial charge in [0.05, 0.1) is 12.3 Å². The Labute approximate surface area is 121 Å². The highest BCUT2D eigenvalue weighted by Gasteiger charge is 2.33. The third-order valence-electron chi connectivity index (χ3n) is 3.38. The van der Waals surface area contributed by atoms with Crippen molar-refractivity contribution in [2.24, 2.45) is 0 Å². The Morgan fingerprint density at radius 3 is 3.15 bits per heavy atom. The molecule has 1 aliphatic rings. The van der Waals surface area contributed by atoms with Crippen molar-refractivity contribution in [3.8, 4) is 16.3 Å². The monoisotopic (exact) mass is 289 g/mol. The minimum Gasteiger partial charge on any atom is -0.508 e. The van der Waals surface area contributed by atoms with E-state index in [9.17, 15) is 9.90 Å². The zero-order valence-electron chi connectivity index (χ0n) is 11.1. The van der Waals surface area contributed by atoms with E-state index in [0.717, 1.165) is 34.0 Å². The summed E-state index contributed by atoms with van der Waals surface area (Å²) in [5, 5.41) is 10.4. The highest BCUT2D eigenvalue weighted by Crippen LogP contribution is 2.40. The summed E-state index contributed by atoms with van der Waals surface area (Å²) in [5.74, 6) is -0.189. The first-order valence-electron chi connectivity index (χ1n) is 6.64. The van der Waals surface area contributed by atoms with E-state index in [1.807, 2.05) is 13.0 Å². The van der Waals surface area contributed by atoms with Gasteiger partial charge in [0.15, 0.2) is 0 Å². The van der Waals surface area contributed by atoms with Gasteiger partial charge in [-0.05, 0) is 31.9 Å². The van der Waals surface area contributed by atoms with Crippen LogP contribution in [0.1, 0.15) is 29.8 Å². The molecule has 1 N–H and O–H groups in total. The minimum atomic E-state index is -0.229. The molecule has 0 saturated heterocycles. The summed E-state index contributed by atoms with van der Waals surface area (Å²) < 4.78 is 5.10. The molecule has 3 rings (SSSR count). The van der Waals surface area contributed by atoms with Crippen LogP contribution in [-0.4, -0.2) is 22.7 Å². The van der Waals surface area contributed by atoms with E-state index in [1.165, 1.54) is 0 Å². The number of thiazole rings is 1. The minimum absolute atomic E-state index is 0.181. The fourth-order valence-corrected chi connectivity index (χ4v) is 3.60. The summed E-state index contributed by atoms with van der Waals surface area (Å²) in [7, 11) is 0. The number of fused-ring (bicyclic) bond motifs is 1. The highest BCUT2D eigenvalue weighted by atomic mass is 32.1. The molecule has 104 valence electrons. The number of aryl methyl sites for hydroxylation is 1. The van der Waals surface area contributed by atoms with Gasteiger partial charge in [-0.3, -0.25) is 4.79 Å². The number of benzene rings is 1. The van der Waals surface area contributed by atoms with Crippen molar-refractivity contribution in [3.05, 3.63) is 34.8 Å². The first-order chi connectivity index (χ1) is 9.69. The maximum atomic E-state index is 11.9. The summed E-state index contributed by atoms with van der Waals surface area (Å²) in [6.45, 7) is 2.21. The standard InChI is InChI=1S/C15H15NO3S/c1-2-19-15(18)11-6-7-12-13(11)16-14(20-12)9-4-3-5-10(17)8-9/h3-5,8,11,17H,2,6-7H2,1H3. The molecule has 0 radical (unpaired) electrons. The van der Waals surface area contributed by atoms with Gasteiger partial charge in [-0.25, -0.2) is 4.98 Å². The molecule has 1 aromatic heterocycles. The molecular weight excluding hydrogens is 274 g/mol. The number of rotatable bonds is 3. The number of carbonyl (C=O) groups excluding carboxylic acids is 1. The fraction of sp³-hybridized carbons (Fsp3) is 0.333. The number of carbonyl (C=O) groups is 1. The van der Waals surface area contributed by atoms with E-state index >= 15 is 0 Å². The Balaban J connectivity index is 1.92. The molecule has 0 bridgehead atoms. The SMILES string of the molecule is CCOC(=O)C1CCc2sc(-c3cccc(O)c3)nc21. The van der Waals surface area contributed by atoms with Crippen molar-refractivity contribution < 1.29 is 14.6 Å². The number of esters is 1. The average molecular weight is 289 g/mol. The summed E-state index contributed by atoms with van der Waals surface area (Å²) in [6, 6.07) is 7.02. The van der Waals surface area contributed by atoms with Crippen molar-refractivity contribution in [1.82, 2.24) is 4.98 Å². The second-order valence-corrected chi connectivity index (χ2v) is 5.80. The average Bonchev–Trinajstić information content (AvgIpc) is 2.98. The number of aromatic nitrogens is 1. The van der Waals surface area contributed by atoms with Gasteiger partial charge in [0.2, 0.25) is 0 Å². The zero-order chi connectivity index (χ0) is 14.1. The van der Waals surface area contributed by atoms with Crippen LogP contribution in [0, 0.1) is 0 Å². The highest BCUT2D eigenvalue weighted by molar-refractivity contribution is 7.15. The Hall–Kier alpha value is -1.88. The van der Waals surface area contributed by atoms with Gasteiger partial charge >= 0.3 is 5.97 Å². The molecule has 5 heteroatoms.